The molecule has 3 aromatic carbocycles. The number of rotatable bonds is 5. The third kappa shape index (κ3) is 4.33. The number of benzene rings is 3. The first kappa shape index (κ1) is 25.0. The molecule has 0 fully saturated rings. The second kappa shape index (κ2) is 9.15. The molecular formula is C26H26F2IO4P. The lowest BCUT2D eigenvalue weighted by Gasteiger charge is -2.25. The lowest BCUT2D eigenvalue weighted by molar-refractivity contribution is -0.287. The lowest BCUT2D eigenvalue weighted by atomic mass is 10.1. The maximum Gasteiger partial charge on any atom is 0.586 e. The van der Waals surface area contributed by atoms with Crippen LogP contribution in [0.3, 0.4) is 0 Å². The van der Waals surface area contributed by atoms with Crippen molar-refractivity contribution >= 4 is 46.4 Å². The Kier molecular flexibility index (Phi) is 6.73. The van der Waals surface area contributed by atoms with E-state index in [1.807, 2.05) is 33.8 Å². The number of alkyl halides is 2. The van der Waals surface area contributed by atoms with Crippen molar-refractivity contribution in [1.29, 1.82) is 0 Å². The van der Waals surface area contributed by atoms with Gasteiger partial charge >= 0.3 is 6.29 Å². The van der Waals surface area contributed by atoms with E-state index in [9.17, 15) is 8.78 Å². The van der Waals surface area contributed by atoms with E-state index in [2.05, 4.69) is 46.9 Å². The average Bonchev–Trinajstić information content (AvgIpc) is 3.08. The van der Waals surface area contributed by atoms with Gasteiger partial charge in [-0.25, -0.2) is 0 Å². The molecule has 0 unspecified atom stereocenters. The van der Waals surface area contributed by atoms with Crippen molar-refractivity contribution in [3.8, 4) is 23.0 Å². The first-order valence-electron chi connectivity index (χ1n) is 10.7. The zero-order valence-electron chi connectivity index (χ0n) is 20.1. The van der Waals surface area contributed by atoms with Gasteiger partial charge in [-0.3, -0.25) is 0 Å². The monoisotopic (exact) mass is 598 g/mol. The van der Waals surface area contributed by atoms with Gasteiger partial charge in [0.25, 0.3) is 0 Å². The maximum atomic E-state index is 14.0. The molecule has 4 nitrogen and oxygen atoms in total. The fourth-order valence-electron chi connectivity index (χ4n) is 4.55. The molecule has 0 N–H and O–H groups in total. The van der Waals surface area contributed by atoms with Gasteiger partial charge in [0.1, 0.15) is 11.5 Å². The van der Waals surface area contributed by atoms with Crippen molar-refractivity contribution in [1.82, 2.24) is 0 Å². The number of ether oxygens (including phenoxy) is 4. The SMILES string of the molecule is COc1c(C)cc(P(c2cc(C)c(OC)c(C)c2)c2cc(C)c3c(c2I)OC(F)(F)O3)cc1C. The molecule has 34 heavy (non-hydrogen) atoms. The summed E-state index contributed by atoms with van der Waals surface area (Å²) in [7, 11) is 2.21. The van der Waals surface area contributed by atoms with Crippen LogP contribution in [-0.2, 0) is 0 Å². The zero-order chi connectivity index (χ0) is 24.9. The molecule has 0 saturated carbocycles. The second-order valence-electron chi connectivity index (χ2n) is 8.41. The number of hydrogen-bond acceptors (Lipinski definition) is 4. The number of aryl methyl sites for hydroxylation is 5. The molecule has 0 atom stereocenters. The number of methoxy groups -OCH3 is 2. The van der Waals surface area contributed by atoms with Gasteiger partial charge in [0.15, 0.2) is 11.5 Å². The summed E-state index contributed by atoms with van der Waals surface area (Å²) in [6, 6.07) is 10.4. The van der Waals surface area contributed by atoms with Gasteiger partial charge in [-0.2, -0.15) is 0 Å². The summed E-state index contributed by atoms with van der Waals surface area (Å²) in [5, 5.41) is 3.12. The zero-order valence-corrected chi connectivity index (χ0v) is 23.2. The van der Waals surface area contributed by atoms with E-state index in [1.54, 1.807) is 21.1 Å². The van der Waals surface area contributed by atoms with E-state index in [0.29, 0.717) is 9.13 Å². The van der Waals surface area contributed by atoms with Gasteiger partial charge in [0.2, 0.25) is 0 Å². The van der Waals surface area contributed by atoms with E-state index in [1.165, 1.54) is 0 Å². The van der Waals surface area contributed by atoms with Crippen LogP contribution < -0.4 is 34.9 Å². The predicted octanol–water partition coefficient (Wildman–Crippen LogP) is 5.93. The number of hydrogen-bond donors (Lipinski definition) is 0. The predicted molar refractivity (Wildman–Crippen MR) is 141 cm³/mol. The number of halogens is 3. The summed E-state index contributed by atoms with van der Waals surface area (Å²) in [6.45, 7) is 9.84. The number of fused-ring (bicyclic) bond motifs is 1. The second-order valence-corrected chi connectivity index (χ2v) is 11.7. The Hall–Kier alpha value is -2.12. The fourth-order valence-corrected chi connectivity index (χ4v) is 8.55. The van der Waals surface area contributed by atoms with Crippen LogP contribution in [0.15, 0.2) is 30.3 Å². The van der Waals surface area contributed by atoms with Crippen LogP contribution in [-0.4, -0.2) is 20.5 Å². The molecule has 0 bridgehead atoms. The van der Waals surface area contributed by atoms with Crippen LogP contribution in [0.2, 0.25) is 0 Å². The van der Waals surface area contributed by atoms with E-state index >= 15 is 0 Å². The van der Waals surface area contributed by atoms with Gasteiger partial charge in [-0.1, -0.05) is 0 Å². The van der Waals surface area contributed by atoms with Crippen LogP contribution in [0.5, 0.6) is 23.0 Å². The van der Waals surface area contributed by atoms with E-state index < -0.39 is 14.2 Å². The minimum Gasteiger partial charge on any atom is -0.496 e. The fraction of sp³-hybridized carbons (Fsp3) is 0.308. The Morgan fingerprint density at radius 3 is 1.53 bits per heavy atom. The van der Waals surface area contributed by atoms with Gasteiger partial charge in [0, 0.05) is 5.30 Å². The molecule has 4 rings (SSSR count). The first-order chi connectivity index (χ1) is 16.0. The molecule has 8 heteroatoms. The third-order valence-corrected chi connectivity index (χ3v) is 9.72. The summed E-state index contributed by atoms with van der Waals surface area (Å²) in [5.41, 5.74) is 4.69. The molecule has 1 heterocycles. The molecule has 0 radical (unpaired) electrons. The summed E-state index contributed by atoms with van der Waals surface area (Å²) < 4.78 is 49.5. The van der Waals surface area contributed by atoms with Gasteiger partial charge in [-0.05, 0) is 134 Å². The minimum atomic E-state index is -3.67. The highest BCUT2D eigenvalue weighted by Crippen LogP contribution is 2.49. The molecule has 0 amide bonds. The molecule has 1 aliphatic heterocycles. The van der Waals surface area contributed by atoms with Crippen LogP contribution >= 0.6 is 30.5 Å². The highest BCUT2D eigenvalue weighted by Gasteiger charge is 2.46. The normalized spacial score (nSPS) is 14.0. The highest BCUT2D eigenvalue weighted by molar-refractivity contribution is 14.1. The summed E-state index contributed by atoms with van der Waals surface area (Å²) in [5.74, 6) is 1.88. The Morgan fingerprint density at radius 1 is 0.706 bits per heavy atom. The lowest BCUT2D eigenvalue weighted by Crippen LogP contribution is -2.26. The Morgan fingerprint density at radius 2 is 1.12 bits per heavy atom. The van der Waals surface area contributed by atoms with Gasteiger partial charge in [-0.15, -0.1) is 8.78 Å². The molecule has 180 valence electrons. The Bertz CT molecular complexity index is 1190. The van der Waals surface area contributed by atoms with Crippen LogP contribution in [0.25, 0.3) is 0 Å². The van der Waals surface area contributed by atoms with E-state index in [0.717, 1.165) is 49.7 Å². The first-order valence-corrected chi connectivity index (χ1v) is 13.1. The van der Waals surface area contributed by atoms with Crippen molar-refractivity contribution in [3.63, 3.8) is 0 Å². The minimum absolute atomic E-state index is 0.0945. The van der Waals surface area contributed by atoms with E-state index in [-0.39, 0.29) is 11.5 Å². The van der Waals surface area contributed by atoms with Crippen LogP contribution in [0.4, 0.5) is 8.78 Å². The summed E-state index contributed by atoms with van der Waals surface area (Å²) in [6.07, 6.45) is -3.67. The maximum absolute atomic E-state index is 14.0. The van der Waals surface area contributed by atoms with Gasteiger partial charge in [0.05, 0.1) is 17.8 Å². The standard InChI is InChI=1S/C26H26F2IO4P/c1-13-8-18(9-14(2)22(13)30-6)34(19-10-15(3)23(31-7)16(4)11-19)20-12-17(5)24-25(21(20)29)33-26(27,28)32-24/h8-12H,1-7H3. The largest absolute Gasteiger partial charge is 0.586 e. The third-order valence-electron chi connectivity index (χ3n) is 5.84. The van der Waals surface area contributed by atoms with Crippen molar-refractivity contribution in [2.75, 3.05) is 14.2 Å². The molecule has 0 saturated heterocycles. The Labute approximate surface area is 213 Å². The molecule has 0 spiro atoms. The van der Waals surface area contributed by atoms with E-state index in [4.69, 9.17) is 18.9 Å². The van der Waals surface area contributed by atoms with Crippen molar-refractivity contribution in [2.45, 2.75) is 40.9 Å². The molecule has 0 aliphatic carbocycles. The smallest absolute Gasteiger partial charge is 0.496 e. The Balaban J connectivity index is 2.01. The molecular weight excluding hydrogens is 572 g/mol. The van der Waals surface area contributed by atoms with Crippen LogP contribution in [0.1, 0.15) is 27.8 Å². The topological polar surface area (TPSA) is 36.9 Å². The van der Waals surface area contributed by atoms with Crippen LogP contribution in [0, 0.1) is 38.2 Å². The summed E-state index contributed by atoms with van der Waals surface area (Å²) in [4.78, 5) is 0. The average molecular weight is 598 g/mol. The molecule has 3 aromatic rings. The van der Waals surface area contributed by atoms with Crippen molar-refractivity contribution in [3.05, 3.63) is 61.7 Å². The summed E-state index contributed by atoms with van der Waals surface area (Å²) >= 11 is 2.10. The van der Waals surface area contributed by atoms with Gasteiger partial charge < -0.3 is 18.9 Å². The highest BCUT2D eigenvalue weighted by atomic mass is 127. The van der Waals surface area contributed by atoms with Crippen molar-refractivity contribution in [2.24, 2.45) is 0 Å². The molecule has 0 aromatic heterocycles. The molecule has 1 aliphatic rings. The quantitative estimate of drug-likeness (QED) is 0.270. The van der Waals surface area contributed by atoms with Crippen molar-refractivity contribution < 1.29 is 27.7 Å².